The first-order chi connectivity index (χ1) is 10.1. The Morgan fingerprint density at radius 2 is 2.05 bits per heavy atom. The van der Waals surface area contributed by atoms with Crippen molar-refractivity contribution in [2.75, 3.05) is 39.2 Å². The van der Waals surface area contributed by atoms with Gasteiger partial charge in [-0.3, -0.25) is 4.79 Å². The molecule has 0 unspecified atom stereocenters. The molecule has 0 bridgehead atoms. The zero-order valence-electron chi connectivity index (χ0n) is 13.1. The van der Waals surface area contributed by atoms with E-state index < -0.39 is 0 Å². The Morgan fingerprint density at radius 1 is 1.29 bits per heavy atom. The molecular weight excluding hydrogens is 272 g/mol. The number of anilines is 1. The quantitative estimate of drug-likeness (QED) is 0.678. The second-order valence-electron chi connectivity index (χ2n) is 4.75. The lowest BCUT2D eigenvalue weighted by Crippen LogP contribution is -2.30. The number of amides is 1. The van der Waals surface area contributed by atoms with Gasteiger partial charge in [0.15, 0.2) is 0 Å². The van der Waals surface area contributed by atoms with Crippen molar-refractivity contribution in [1.29, 1.82) is 0 Å². The lowest BCUT2D eigenvalue weighted by molar-refractivity contribution is -0.115. The van der Waals surface area contributed by atoms with E-state index in [1.165, 1.54) is 0 Å². The first-order valence-electron chi connectivity index (χ1n) is 6.91. The monoisotopic (exact) mass is 296 g/mol. The molecule has 0 aliphatic carbocycles. The van der Waals surface area contributed by atoms with Crippen LogP contribution in [-0.2, 0) is 9.53 Å². The molecule has 2 N–H and O–H groups in total. The van der Waals surface area contributed by atoms with Crippen molar-refractivity contribution in [3.63, 3.8) is 0 Å². The number of methoxy groups -OCH3 is 2. The van der Waals surface area contributed by atoms with Gasteiger partial charge in [0.1, 0.15) is 11.5 Å². The molecule has 0 heterocycles. The molecule has 0 aromatic heterocycles. The topological polar surface area (TPSA) is 68.8 Å². The maximum absolute atomic E-state index is 11.9. The summed E-state index contributed by atoms with van der Waals surface area (Å²) in [5.74, 6) is 1.14. The number of carbonyl (C=O) groups is 1. The van der Waals surface area contributed by atoms with Gasteiger partial charge in [-0.05, 0) is 26.0 Å². The van der Waals surface area contributed by atoms with E-state index in [1.54, 1.807) is 32.4 Å². The molecule has 1 aromatic rings. The molecule has 0 saturated heterocycles. The number of hydrogen-bond acceptors (Lipinski definition) is 5. The second-order valence-corrected chi connectivity index (χ2v) is 4.75. The highest BCUT2D eigenvalue weighted by Crippen LogP contribution is 2.29. The molecule has 1 rings (SSSR count). The summed E-state index contributed by atoms with van der Waals surface area (Å²) in [6.07, 6.45) is 0.0221. The van der Waals surface area contributed by atoms with Crippen LogP contribution >= 0.6 is 0 Å². The fraction of sp³-hybridized carbons (Fsp3) is 0.533. The van der Waals surface area contributed by atoms with E-state index >= 15 is 0 Å². The van der Waals surface area contributed by atoms with Crippen molar-refractivity contribution in [2.24, 2.45) is 0 Å². The van der Waals surface area contributed by atoms with Gasteiger partial charge in [0.05, 0.1) is 32.1 Å². The van der Waals surface area contributed by atoms with Gasteiger partial charge in [0.2, 0.25) is 5.91 Å². The SMILES string of the molecule is COCCNCC(=O)Nc1cc(OC)ccc1OC(C)C. The highest BCUT2D eigenvalue weighted by atomic mass is 16.5. The summed E-state index contributed by atoms with van der Waals surface area (Å²) in [6.45, 7) is 5.26. The van der Waals surface area contributed by atoms with Crippen molar-refractivity contribution >= 4 is 11.6 Å². The molecule has 21 heavy (non-hydrogen) atoms. The summed E-state index contributed by atoms with van der Waals surface area (Å²) in [5, 5.41) is 5.81. The third kappa shape index (κ3) is 6.46. The van der Waals surface area contributed by atoms with Crippen molar-refractivity contribution in [3.8, 4) is 11.5 Å². The minimum absolute atomic E-state index is 0.0221. The van der Waals surface area contributed by atoms with Crippen LogP contribution < -0.4 is 20.1 Å². The van der Waals surface area contributed by atoms with Crippen LogP contribution in [0.2, 0.25) is 0 Å². The van der Waals surface area contributed by atoms with Crippen LogP contribution in [0.4, 0.5) is 5.69 Å². The Kier molecular flexibility index (Phi) is 7.56. The normalized spacial score (nSPS) is 10.5. The molecule has 118 valence electrons. The van der Waals surface area contributed by atoms with Crippen molar-refractivity contribution in [3.05, 3.63) is 18.2 Å². The van der Waals surface area contributed by atoms with E-state index in [0.29, 0.717) is 30.3 Å². The van der Waals surface area contributed by atoms with Gasteiger partial charge in [-0.2, -0.15) is 0 Å². The molecular formula is C15H24N2O4. The standard InChI is InChI=1S/C15H24N2O4/c1-11(2)21-14-6-5-12(20-4)9-13(14)17-15(18)10-16-7-8-19-3/h5-6,9,11,16H,7-8,10H2,1-4H3,(H,17,18). The van der Waals surface area contributed by atoms with Crippen molar-refractivity contribution in [1.82, 2.24) is 5.32 Å². The molecule has 6 nitrogen and oxygen atoms in total. The summed E-state index contributed by atoms with van der Waals surface area (Å²) < 4.78 is 15.8. The zero-order chi connectivity index (χ0) is 15.7. The summed E-state index contributed by atoms with van der Waals surface area (Å²) in [4.78, 5) is 11.9. The van der Waals surface area contributed by atoms with Gasteiger partial charge >= 0.3 is 0 Å². The van der Waals surface area contributed by atoms with Crippen molar-refractivity contribution in [2.45, 2.75) is 20.0 Å². The first-order valence-corrected chi connectivity index (χ1v) is 6.91. The third-order valence-corrected chi connectivity index (χ3v) is 2.59. The Bertz CT molecular complexity index is 449. The van der Waals surface area contributed by atoms with E-state index in [-0.39, 0.29) is 18.6 Å². The van der Waals surface area contributed by atoms with E-state index in [1.807, 2.05) is 13.8 Å². The molecule has 6 heteroatoms. The number of nitrogens with one attached hydrogen (secondary N) is 2. The molecule has 0 atom stereocenters. The predicted octanol–water partition coefficient (Wildman–Crippen LogP) is 1.66. The Labute approximate surface area is 125 Å². The second kappa shape index (κ2) is 9.20. The largest absolute Gasteiger partial charge is 0.497 e. The molecule has 0 aliphatic rings. The van der Waals surface area contributed by atoms with Crippen LogP contribution in [0, 0.1) is 0 Å². The third-order valence-electron chi connectivity index (χ3n) is 2.59. The molecule has 0 radical (unpaired) electrons. The van der Waals surface area contributed by atoms with E-state index in [0.717, 1.165) is 0 Å². The van der Waals surface area contributed by atoms with Crippen LogP contribution in [0.5, 0.6) is 11.5 Å². The maximum Gasteiger partial charge on any atom is 0.238 e. The van der Waals surface area contributed by atoms with E-state index in [2.05, 4.69) is 10.6 Å². The Morgan fingerprint density at radius 3 is 2.67 bits per heavy atom. The number of carbonyl (C=O) groups excluding carboxylic acids is 1. The molecule has 0 saturated carbocycles. The minimum atomic E-state index is -0.145. The van der Waals surface area contributed by atoms with Gasteiger partial charge in [0, 0.05) is 19.7 Å². The Balaban J connectivity index is 2.67. The number of benzene rings is 1. The lowest BCUT2D eigenvalue weighted by atomic mass is 10.2. The van der Waals surface area contributed by atoms with Crippen LogP contribution in [0.25, 0.3) is 0 Å². The van der Waals surface area contributed by atoms with Crippen LogP contribution in [-0.4, -0.2) is 45.9 Å². The smallest absolute Gasteiger partial charge is 0.238 e. The fourth-order valence-corrected chi connectivity index (χ4v) is 1.66. The molecule has 1 aromatic carbocycles. The Hall–Kier alpha value is -1.79. The number of rotatable bonds is 9. The minimum Gasteiger partial charge on any atom is -0.497 e. The average molecular weight is 296 g/mol. The molecule has 0 fully saturated rings. The molecule has 1 amide bonds. The fourth-order valence-electron chi connectivity index (χ4n) is 1.66. The van der Waals surface area contributed by atoms with Gasteiger partial charge in [-0.15, -0.1) is 0 Å². The summed E-state index contributed by atoms with van der Waals surface area (Å²) >= 11 is 0. The van der Waals surface area contributed by atoms with Gasteiger partial charge < -0.3 is 24.8 Å². The van der Waals surface area contributed by atoms with Crippen LogP contribution in [0.3, 0.4) is 0 Å². The van der Waals surface area contributed by atoms with E-state index in [9.17, 15) is 4.79 Å². The number of hydrogen-bond donors (Lipinski definition) is 2. The highest BCUT2D eigenvalue weighted by Gasteiger charge is 2.10. The zero-order valence-corrected chi connectivity index (χ0v) is 13.1. The van der Waals surface area contributed by atoms with Gasteiger partial charge in [-0.25, -0.2) is 0 Å². The molecule has 0 aliphatic heterocycles. The van der Waals surface area contributed by atoms with Gasteiger partial charge in [-0.1, -0.05) is 0 Å². The predicted molar refractivity (Wildman–Crippen MR) is 82.1 cm³/mol. The summed E-state index contributed by atoms with van der Waals surface area (Å²) in [7, 11) is 3.20. The van der Waals surface area contributed by atoms with Crippen molar-refractivity contribution < 1.29 is 19.0 Å². The van der Waals surface area contributed by atoms with Gasteiger partial charge in [0.25, 0.3) is 0 Å². The van der Waals surface area contributed by atoms with Crippen LogP contribution in [0.15, 0.2) is 18.2 Å². The first kappa shape index (κ1) is 17.3. The lowest BCUT2D eigenvalue weighted by Gasteiger charge is -2.16. The number of ether oxygens (including phenoxy) is 3. The highest BCUT2D eigenvalue weighted by molar-refractivity contribution is 5.94. The van der Waals surface area contributed by atoms with E-state index in [4.69, 9.17) is 14.2 Å². The molecule has 0 spiro atoms. The summed E-state index contributed by atoms with van der Waals surface area (Å²) in [6, 6.07) is 5.32. The average Bonchev–Trinajstić information content (AvgIpc) is 2.45. The maximum atomic E-state index is 11.9. The summed E-state index contributed by atoms with van der Waals surface area (Å²) in [5.41, 5.74) is 0.599. The van der Waals surface area contributed by atoms with Crippen LogP contribution in [0.1, 0.15) is 13.8 Å².